The van der Waals surface area contributed by atoms with Crippen molar-refractivity contribution in [1.82, 2.24) is 19.9 Å². The van der Waals surface area contributed by atoms with Gasteiger partial charge in [0.2, 0.25) is 0 Å². The minimum atomic E-state index is -0.365. The summed E-state index contributed by atoms with van der Waals surface area (Å²) in [7, 11) is 0. The van der Waals surface area contributed by atoms with Crippen molar-refractivity contribution in [1.29, 1.82) is 0 Å². The fourth-order valence-corrected chi connectivity index (χ4v) is 2.01. The molecular weight excluding hydrogens is 278 g/mol. The molecule has 0 radical (unpaired) electrons. The Kier molecular flexibility index (Phi) is 3.08. The molecule has 2 heterocycles. The second kappa shape index (κ2) is 4.90. The fraction of sp³-hybridized carbons (Fsp3) is 0.0769. The van der Waals surface area contributed by atoms with Gasteiger partial charge in [-0.25, -0.2) is 9.97 Å². The van der Waals surface area contributed by atoms with Gasteiger partial charge < -0.3 is 10.3 Å². The Labute approximate surface area is 119 Å². The number of imidazole rings is 1. The summed E-state index contributed by atoms with van der Waals surface area (Å²) < 4.78 is 0. The number of fused-ring (bicyclic) bond motifs is 1. The molecule has 2 aromatic heterocycles. The summed E-state index contributed by atoms with van der Waals surface area (Å²) in [4.78, 5) is 27.1. The van der Waals surface area contributed by atoms with Gasteiger partial charge in [0.05, 0.1) is 23.4 Å². The van der Waals surface area contributed by atoms with E-state index < -0.39 is 0 Å². The third-order valence-corrected chi connectivity index (χ3v) is 2.88. The summed E-state index contributed by atoms with van der Waals surface area (Å²) in [5.74, 6) is 0.458. The molecule has 2 N–H and O–H groups in total. The van der Waals surface area contributed by atoms with E-state index in [0.717, 1.165) is 16.9 Å². The number of aryl methyl sites for hydroxylation is 1. The standard InChI is InChI=1S/C13H10ClN5O/c1-7-16-9-3-2-8(4-10(9)17-7)18-13(20)11-5-15-6-12(14)19-11/h2-6H,1H3,(H,16,17)(H,18,20). The molecule has 6 nitrogen and oxygen atoms in total. The van der Waals surface area contributed by atoms with Crippen LogP contribution >= 0.6 is 11.6 Å². The quantitative estimate of drug-likeness (QED) is 0.759. The highest BCUT2D eigenvalue weighted by Crippen LogP contribution is 2.17. The molecule has 7 heteroatoms. The molecule has 0 saturated heterocycles. The maximum absolute atomic E-state index is 12.0. The zero-order valence-corrected chi connectivity index (χ0v) is 11.3. The Morgan fingerprint density at radius 3 is 2.95 bits per heavy atom. The summed E-state index contributed by atoms with van der Waals surface area (Å²) in [5.41, 5.74) is 2.52. The van der Waals surface area contributed by atoms with Crippen molar-refractivity contribution in [2.24, 2.45) is 0 Å². The van der Waals surface area contributed by atoms with Gasteiger partial charge in [0.15, 0.2) is 0 Å². The van der Waals surface area contributed by atoms with Gasteiger partial charge in [0, 0.05) is 5.69 Å². The highest BCUT2D eigenvalue weighted by atomic mass is 35.5. The lowest BCUT2D eigenvalue weighted by Crippen LogP contribution is -2.14. The smallest absolute Gasteiger partial charge is 0.275 e. The van der Waals surface area contributed by atoms with Crippen molar-refractivity contribution in [3.05, 3.63) is 47.3 Å². The molecule has 20 heavy (non-hydrogen) atoms. The van der Waals surface area contributed by atoms with Crippen LogP contribution in [0.4, 0.5) is 5.69 Å². The Morgan fingerprint density at radius 2 is 2.15 bits per heavy atom. The van der Waals surface area contributed by atoms with Crippen molar-refractivity contribution in [3.63, 3.8) is 0 Å². The van der Waals surface area contributed by atoms with Crippen molar-refractivity contribution in [2.45, 2.75) is 6.92 Å². The van der Waals surface area contributed by atoms with Gasteiger partial charge in [-0.15, -0.1) is 0 Å². The second-order valence-electron chi connectivity index (χ2n) is 4.24. The van der Waals surface area contributed by atoms with Gasteiger partial charge in [-0.2, -0.15) is 0 Å². The summed E-state index contributed by atoms with van der Waals surface area (Å²) in [5, 5.41) is 2.92. The Bertz CT molecular complexity index is 798. The highest BCUT2D eigenvalue weighted by molar-refractivity contribution is 6.29. The highest BCUT2D eigenvalue weighted by Gasteiger charge is 2.09. The Morgan fingerprint density at radius 1 is 1.30 bits per heavy atom. The first-order valence-electron chi connectivity index (χ1n) is 5.87. The third-order valence-electron chi connectivity index (χ3n) is 2.70. The average molecular weight is 288 g/mol. The SMILES string of the molecule is Cc1nc2ccc(NC(=O)c3cncc(Cl)n3)cc2[nH]1. The van der Waals surface area contributed by atoms with E-state index in [1.54, 1.807) is 6.07 Å². The largest absolute Gasteiger partial charge is 0.342 e. The zero-order chi connectivity index (χ0) is 14.1. The molecule has 0 spiro atoms. The van der Waals surface area contributed by atoms with Gasteiger partial charge in [0.25, 0.3) is 5.91 Å². The molecule has 0 aliphatic heterocycles. The number of nitrogens with one attached hydrogen (secondary N) is 2. The molecule has 0 fully saturated rings. The van der Waals surface area contributed by atoms with E-state index in [4.69, 9.17) is 11.6 Å². The number of carbonyl (C=O) groups excluding carboxylic acids is 1. The van der Waals surface area contributed by atoms with Crippen LogP contribution in [0.5, 0.6) is 0 Å². The van der Waals surface area contributed by atoms with E-state index in [0.29, 0.717) is 5.69 Å². The number of nitrogens with zero attached hydrogens (tertiary/aromatic N) is 3. The monoisotopic (exact) mass is 287 g/mol. The summed E-state index contributed by atoms with van der Waals surface area (Å²) in [6, 6.07) is 5.42. The number of halogens is 1. The molecule has 0 atom stereocenters. The van der Waals surface area contributed by atoms with E-state index in [1.165, 1.54) is 12.4 Å². The van der Waals surface area contributed by atoms with Crippen LogP contribution in [0.3, 0.4) is 0 Å². The molecule has 0 aliphatic carbocycles. The van der Waals surface area contributed by atoms with E-state index in [9.17, 15) is 4.79 Å². The number of H-pyrrole nitrogens is 1. The van der Waals surface area contributed by atoms with Gasteiger partial charge >= 0.3 is 0 Å². The predicted octanol–water partition coefficient (Wildman–Crippen LogP) is 2.57. The minimum absolute atomic E-state index is 0.165. The fourth-order valence-electron chi connectivity index (χ4n) is 1.86. The number of benzene rings is 1. The van der Waals surface area contributed by atoms with Crippen molar-refractivity contribution in [2.75, 3.05) is 5.32 Å². The molecule has 100 valence electrons. The lowest BCUT2D eigenvalue weighted by Gasteiger charge is -2.04. The zero-order valence-electron chi connectivity index (χ0n) is 10.5. The molecule has 0 aliphatic rings. The lowest BCUT2D eigenvalue weighted by molar-refractivity contribution is 0.102. The van der Waals surface area contributed by atoms with Gasteiger partial charge in [-0.05, 0) is 25.1 Å². The van der Waals surface area contributed by atoms with Gasteiger partial charge in [-0.1, -0.05) is 11.6 Å². The number of anilines is 1. The van der Waals surface area contributed by atoms with Crippen LogP contribution < -0.4 is 5.32 Å². The van der Waals surface area contributed by atoms with Gasteiger partial charge in [-0.3, -0.25) is 9.78 Å². The van der Waals surface area contributed by atoms with Crippen LogP contribution in [-0.2, 0) is 0 Å². The summed E-state index contributed by atoms with van der Waals surface area (Å²) in [6.07, 6.45) is 2.73. The molecule has 1 amide bonds. The molecule has 3 aromatic rings. The van der Waals surface area contributed by atoms with Crippen molar-refractivity contribution < 1.29 is 4.79 Å². The topological polar surface area (TPSA) is 83.6 Å². The van der Waals surface area contributed by atoms with Crippen LogP contribution in [0.25, 0.3) is 11.0 Å². The second-order valence-corrected chi connectivity index (χ2v) is 4.62. The van der Waals surface area contributed by atoms with Crippen LogP contribution in [-0.4, -0.2) is 25.8 Å². The molecular formula is C13H10ClN5O. The maximum atomic E-state index is 12.0. The summed E-state index contributed by atoms with van der Waals surface area (Å²) >= 11 is 5.71. The van der Waals surface area contributed by atoms with E-state index in [2.05, 4.69) is 25.3 Å². The van der Waals surface area contributed by atoms with Gasteiger partial charge in [0.1, 0.15) is 16.7 Å². The van der Waals surface area contributed by atoms with Crippen LogP contribution in [0.2, 0.25) is 5.15 Å². The first-order valence-corrected chi connectivity index (χ1v) is 6.25. The number of rotatable bonds is 2. The summed E-state index contributed by atoms with van der Waals surface area (Å²) in [6.45, 7) is 1.87. The van der Waals surface area contributed by atoms with Crippen LogP contribution in [0.15, 0.2) is 30.6 Å². The first-order chi connectivity index (χ1) is 9.61. The molecule has 0 unspecified atom stereocenters. The first kappa shape index (κ1) is 12.6. The molecule has 3 rings (SSSR count). The Hall–Kier alpha value is -2.47. The van der Waals surface area contributed by atoms with Crippen LogP contribution in [0, 0.1) is 6.92 Å². The predicted molar refractivity (Wildman–Crippen MR) is 75.8 cm³/mol. The van der Waals surface area contributed by atoms with Crippen LogP contribution in [0.1, 0.15) is 16.3 Å². The lowest BCUT2D eigenvalue weighted by atomic mass is 10.2. The Balaban J connectivity index is 1.87. The number of aromatic amines is 1. The third kappa shape index (κ3) is 2.46. The number of hydrogen-bond acceptors (Lipinski definition) is 4. The van der Waals surface area contributed by atoms with Crippen molar-refractivity contribution in [3.8, 4) is 0 Å². The number of amides is 1. The number of hydrogen-bond donors (Lipinski definition) is 2. The maximum Gasteiger partial charge on any atom is 0.275 e. The molecule has 1 aromatic carbocycles. The number of aromatic nitrogens is 4. The number of carbonyl (C=O) groups is 1. The van der Waals surface area contributed by atoms with E-state index in [1.807, 2.05) is 19.1 Å². The molecule has 0 bridgehead atoms. The minimum Gasteiger partial charge on any atom is -0.342 e. The van der Waals surface area contributed by atoms with Crippen molar-refractivity contribution >= 4 is 34.2 Å². The van der Waals surface area contributed by atoms with E-state index in [-0.39, 0.29) is 16.8 Å². The van der Waals surface area contributed by atoms with E-state index >= 15 is 0 Å². The normalized spacial score (nSPS) is 10.7. The average Bonchev–Trinajstić information content (AvgIpc) is 2.78. The molecule has 0 saturated carbocycles.